The molecule has 3 aromatic rings. The molecular weight excluding hydrogens is 305 g/mol. The number of hydrogen-bond acceptors (Lipinski definition) is 4. The quantitative estimate of drug-likeness (QED) is 0.689. The molecule has 20 heavy (non-hydrogen) atoms. The van der Waals surface area contributed by atoms with Crippen molar-refractivity contribution in [3.05, 3.63) is 55.1 Å². The summed E-state index contributed by atoms with van der Waals surface area (Å²) < 4.78 is 7.13. The Kier molecular flexibility index (Phi) is 2.92. The summed E-state index contributed by atoms with van der Waals surface area (Å²) in [6.07, 6.45) is 0. The van der Waals surface area contributed by atoms with Crippen molar-refractivity contribution in [2.24, 2.45) is 7.05 Å². The van der Waals surface area contributed by atoms with Gasteiger partial charge in [-0.05, 0) is 12.1 Å². The molecule has 8 heteroatoms. The van der Waals surface area contributed by atoms with Gasteiger partial charge in [-0.2, -0.15) is 0 Å². The van der Waals surface area contributed by atoms with Gasteiger partial charge in [-0.25, -0.2) is 9.20 Å². The second-order valence-electron chi connectivity index (χ2n) is 4.11. The lowest BCUT2D eigenvalue weighted by Gasteiger charge is -2.03. The van der Waals surface area contributed by atoms with Crippen LogP contribution in [0.4, 0.5) is 0 Å². The van der Waals surface area contributed by atoms with E-state index in [0.29, 0.717) is 10.6 Å². The zero-order chi connectivity index (χ0) is 14.4. The maximum absolute atomic E-state index is 12.2. The van der Waals surface area contributed by atoms with Crippen LogP contribution in [0.5, 0.6) is 0 Å². The maximum atomic E-state index is 12.2. The third kappa shape index (κ3) is 1.76. The highest BCUT2D eigenvalue weighted by Gasteiger charge is 2.17. The molecule has 0 saturated heterocycles. The van der Waals surface area contributed by atoms with E-state index < -0.39 is 11.2 Å². The molecule has 0 aliphatic carbocycles. The van der Waals surface area contributed by atoms with Crippen LogP contribution in [0.25, 0.3) is 17.1 Å². The lowest BCUT2D eigenvalue weighted by Crippen LogP contribution is -2.34. The molecule has 0 amide bonds. The lowest BCUT2D eigenvalue weighted by atomic mass is 10.2. The zero-order valence-corrected chi connectivity index (χ0v) is 11.6. The highest BCUT2D eigenvalue weighted by molar-refractivity contribution is 6.43. The summed E-state index contributed by atoms with van der Waals surface area (Å²) >= 11 is 12.1. The highest BCUT2D eigenvalue weighted by atomic mass is 35.5. The fraction of sp³-hybridized carbons (Fsp3) is 0.0833. The van der Waals surface area contributed by atoms with E-state index in [4.69, 9.17) is 27.7 Å². The fourth-order valence-electron chi connectivity index (χ4n) is 1.84. The average Bonchev–Trinajstić information content (AvgIpc) is 2.83. The molecular formula is C12H7Cl2N3O3. The van der Waals surface area contributed by atoms with Crippen molar-refractivity contribution >= 4 is 28.9 Å². The van der Waals surface area contributed by atoms with Gasteiger partial charge in [0.25, 0.3) is 5.56 Å². The van der Waals surface area contributed by atoms with Crippen LogP contribution in [0.2, 0.25) is 10.0 Å². The summed E-state index contributed by atoms with van der Waals surface area (Å²) in [6, 6.07) is 6.13. The van der Waals surface area contributed by atoms with E-state index in [0.717, 1.165) is 4.57 Å². The van der Waals surface area contributed by atoms with E-state index >= 15 is 0 Å². The minimum absolute atomic E-state index is 0.0455. The Morgan fingerprint density at radius 1 is 1.25 bits per heavy atom. The second-order valence-corrected chi connectivity index (χ2v) is 4.89. The first-order valence-electron chi connectivity index (χ1n) is 5.53. The van der Waals surface area contributed by atoms with Gasteiger partial charge in [0.2, 0.25) is 5.71 Å². The van der Waals surface area contributed by atoms with Crippen molar-refractivity contribution in [1.82, 2.24) is 14.1 Å². The Morgan fingerprint density at radius 3 is 2.75 bits per heavy atom. The van der Waals surface area contributed by atoms with Crippen molar-refractivity contribution < 1.29 is 4.52 Å². The van der Waals surface area contributed by atoms with Crippen molar-refractivity contribution in [2.45, 2.75) is 0 Å². The van der Waals surface area contributed by atoms with E-state index in [9.17, 15) is 9.59 Å². The summed E-state index contributed by atoms with van der Waals surface area (Å²) in [5.41, 5.74) is -0.558. The number of rotatable bonds is 1. The van der Waals surface area contributed by atoms with Gasteiger partial charge in [-0.3, -0.25) is 9.36 Å². The summed E-state index contributed by atoms with van der Waals surface area (Å²) in [4.78, 5) is 23.7. The number of nitrogens with zero attached hydrogens (tertiary/aromatic N) is 3. The largest absolute Gasteiger partial charge is 0.339 e. The van der Waals surface area contributed by atoms with Crippen LogP contribution in [-0.4, -0.2) is 14.1 Å². The fourth-order valence-corrected chi connectivity index (χ4v) is 2.23. The Morgan fingerprint density at radius 2 is 2.00 bits per heavy atom. The van der Waals surface area contributed by atoms with Crippen LogP contribution in [0, 0.1) is 0 Å². The van der Waals surface area contributed by atoms with Crippen molar-refractivity contribution in [1.29, 1.82) is 0 Å². The van der Waals surface area contributed by atoms with Gasteiger partial charge >= 0.3 is 5.69 Å². The van der Waals surface area contributed by atoms with Crippen LogP contribution in [0.1, 0.15) is 0 Å². The van der Waals surface area contributed by atoms with Crippen LogP contribution in [0.15, 0.2) is 38.4 Å². The minimum Gasteiger partial charge on any atom is -0.335 e. The van der Waals surface area contributed by atoms with Gasteiger partial charge in [-0.15, -0.1) is 0 Å². The molecule has 0 radical (unpaired) electrons. The molecule has 0 atom stereocenters. The van der Waals surface area contributed by atoms with Gasteiger partial charge in [0.1, 0.15) is 0 Å². The molecule has 6 nitrogen and oxygen atoms in total. The average molecular weight is 312 g/mol. The number of hydrogen-bond donors (Lipinski definition) is 0. The van der Waals surface area contributed by atoms with Gasteiger partial charge in [0.15, 0.2) is 5.82 Å². The topological polar surface area (TPSA) is 69.5 Å². The van der Waals surface area contributed by atoms with E-state index in [1.54, 1.807) is 18.2 Å². The van der Waals surface area contributed by atoms with E-state index in [2.05, 4.69) is 5.16 Å². The van der Waals surface area contributed by atoms with Crippen LogP contribution < -0.4 is 11.2 Å². The SMILES string of the molecule is Cn1c(=O)cc2onc(-c3cccc(Cl)c3Cl)n2c1=O. The standard InChI is InChI=1S/C12H7Cl2N3O3/c1-16-8(18)5-9-17(12(16)19)11(15-20-9)6-3-2-4-7(13)10(6)14/h2-5H,1H3. The Hall–Kier alpha value is -2.05. The third-order valence-electron chi connectivity index (χ3n) is 2.91. The first kappa shape index (κ1) is 13.0. The van der Waals surface area contributed by atoms with Crippen molar-refractivity contribution in [3.8, 4) is 11.4 Å². The molecule has 0 saturated carbocycles. The Balaban J connectivity index is 2.45. The molecule has 0 bridgehead atoms. The Bertz CT molecular complexity index is 939. The molecule has 0 spiro atoms. The van der Waals surface area contributed by atoms with Crippen molar-refractivity contribution in [3.63, 3.8) is 0 Å². The first-order valence-corrected chi connectivity index (χ1v) is 6.29. The van der Waals surface area contributed by atoms with E-state index in [1.165, 1.54) is 17.5 Å². The maximum Gasteiger partial charge on any atom is 0.339 e. The monoisotopic (exact) mass is 311 g/mol. The summed E-state index contributed by atoms with van der Waals surface area (Å²) in [7, 11) is 1.37. The van der Waals surface area contributed by atoms with Crippen LogP contribution in [0.3, 0.4) is 0 Å². The summed E-state index contributed by atoms with van der Waals surface area (Å²) in [5.74, 6) is 0.188. The molecule has 0 N–H and O–H groups in total. The normalized spacial score (nSPS) is 11.2. The Labute approximate surface area is 121 Å². The number of aromatic nitrogens is 3. The van der Waals surface area contributed by atoms with Gasteiger partial charge in [0, 0.05) is 12.6 Å². The number of benzene rings is 1. The van der Waals surface area contributed by atoms with E-state index in [1.807, 2.05) is 0 Å². The minimum atomic E-state index is -0.570. The second kappa shape index (κ2) is 4.50. The van der Waals surface area contributed by atoms with Gasteiger partial charge in [-0.1, -0.05) is 34.4 Å². The van der Waals surface area contributed by atoms with Gasteiger partial charge < -0.3 is 4.52 Å². The molecule has 0 unspecified atom stereocenters. The van der Waals surface area contributed by atoms with Crippen molar-refractivity contribution in [2.75, 3.05) is 0 Å². The molecule has 0 aliphatic rings. The summed E-state index contributed by atoms with van der Waals surface area (Å²) in [6.45, 7) is 0. The van der Waals surface area contributed by atoms with E-state index in [-0.39, 0.29) is 16.6 Å². The summed E-state index contributed by atoms with van der Waals surface area (Å²) in [5, 5.41) is 4.39. The molecule has 102 valence electrons. The molecule has 1 aromatic carbocycles. The van der Waals surface area contributed by atoms with Crippen LogP contribution >= 0.6 is 23.2 Å². The molecule has 2 aromatic heterocycles. The predicted molar refractivity (Wildman–Crippen MR) is 74.4 cm³/mol. The van der Waals surface area contributed by atoms with Gasteiger partial charge in [0.05, 0.1) is 16.1 Å². The molecule has 0 aliphatic heterocycles. The predicted octanol–water partition coefficient (Wildman–Crippen LogP) is 1.96. The third-order valence-corrected chi connectivity index (χ3v) is 3.72. The smallest absolute Gasteiger partial charge is 0.335 e. The molecule has 0 fully saturated rings. The molecule has 2 heterocycles. The zero-order valence-electron chi connectivity index (χ0n) is 10.1. The first-order chi connectivity index (χ1) is 9.50. The number of fused-ring (bicyclic) bond motifs is 1. The number of halogens is 2. The van der Waals surface area contributed by atoms with Crippen LogP contribution in [-0.2, 0) is 7.05 Å². The highest BCUT2D eigenvalue weighted by Crippen LogP contribution is 2.32. The lowest BCUT2D eigenvalue weighted by molar-refractivity contribution is 0.455. The molecule has 3 rings (SSSR count).